The smallest absolute Gasteiger partial charge is 0.185 e. The van der Waals surface area contributed by atoms with Gasteiger partial charge in [-0.25, -0.2) is 0 Å². The van der Waals surface area contributed by atoms with Gasteiger partial charge < -0.3 is 11.5 Å². The molecule has 0 aliphatic heterocycles. The zero-order valence-corrected chi connectivity index (χ0v) is 14.8. The van der Waals surface area contributed by atoms with Crippen molar-refractivity contribution in [2.45, 2.75) is 50.9 Å². The topological polar surface area (TPSA) is 64.4 Å². The van der Waals surface area contributed by atoms with Crippen LogP contribution in [0.4, 0.5) is 0 Å². The van der Waals surface area contributed by atoms with Gasteiger partial charge in [-0.3, -0.25) is 4.99 Å². The van der Waals surface area contributed by atoms with Crippen LogP contribution in [0.25, 0.3) is 0 Å². The van der Waals surface area contributed by atoms with Crippen LogP contribution in [0.15, 0.2) is 29.3 Å². The fraction of sp³-hybridized carbons (Fsp3) is 0.562. The van der Waals surface area contributed by atoms with Crippen molar-refractivity contribution < 1.29 is 0 Å². The van der Waals surface area contributed by atoms with E-state index in [0.717, 1.165) is 6.54 Å². The first-order valence-electron chi connectivity index (χ1n) is 7.19. The Balaban J connectivity index is 0.00000200. The van der Waals surface area contributed by atoms with Gasteiger partial charge in [-0.15, -0.1) is 24.0 Å². The summed E-state index contributed by atoms with van der Waals surface area (Å²) in [5, 5.41) is 0. The van der Waals surface area contributed by atoms with Crippen molar-refractivity contribution in [2.75, 3.05) is 6.54 Å². The highest BCUT2D eigenvalue weighted by atomic mass is 127. The molecule has 112 valence electrons. The second kappa shape index (κ2) is 7.29. The summed E-state index contributed by atoms with van der Waals surface area (Å²) in [5.74, 6) is 0.774. The SMILES string of the molecule is CC(C)c1ccc(C2(CN=C(N)N)CCCC2)cc1.I. The van der Waals surface area contributed by atoms with Crippen molar-refractivity contribution in [2.24, 2.45) is 16.5 Å². The van der Waals surface area contributed by atoms with E-state index < -0.39 is 0 Å². The molecule has 1 saturated carbocycles. The summed E-state index contributed by atoms with van der Waals surface area (Å²) in [5.41, 5.74) is 13.9. The maximum absolute atomic E-state index is 5.50. The Labute approximate surface area is 139 Å². The lowest BCUT2D eigenvalue weighted by atomic mass is 9.78. The quantitative estimate of drug-likeness (QED) is 0.472. The second-order valence-corrected chi connectivity index (χ2v) is 6.01. The van der Waals surface area contributed by atoms with Gasteiger partial charge >= 0.3 is 0 Å². The molecule has 1 aliphatic carbocycles. The van der Waals surface area contributed by atoms with Crippen molar-refractivity contribution in [3.63, 3.8) is 0 Å². The minimum absolute atomic E-state index is 0. The molecule has 20 heavy (non-hydrogen) atoms. The third-order valence-electron chi connectivity index (χ3n) is 4.31. The van der Waals surface area contributed by atoms with Crippen LogP contribution in [-0.2, 0) is 5.41 Å². The summed E-state index contributed by atoms with van der Waals surface area (Å²) in [7, 11) is 0. The summed E-state index contributed by atoms with van der Waals surface area (Å²) in [6, 6.07) is 9.02. The minimum atomic E-state index is 0. The molecule has 0 bridgehead atoms. The van der Waals surface area contributed by atoms with Crippen LogP contribution in [-0.4, -0.2) is 12.5 Å². The number of rotatable bonds is 4. The average Bonchev–Trinajstić information content (AvgIpc) is 2.86. The van der Waals surface area contributed by atoms with Crippen molar-refractivity contribution >= 4 is 29.9 Å². The summed E-state index contributed by atoms with van der Waals surface area (Å²) < 4.78 is 0. The second-order valence-electron chi connectivity index (χ2n) is 6.01. The summed E-state index contributed by atoms with van der Waals surface area (Å²) in [6.07, 6.45) is 4.91. The van der Waals surface area contributed by atoms with Crippen LogP contribution in [0.3, 0.4) is 0 Å². The summed E-state index contributed by atoms with van der Waals surface area (Å²) in [6.45, 7) is 5.16. The molecule has 1 aromatic rings. The number of nitrogens with zero attached hydrogens (tertiary/aromatic N) is 1. The van der Waals surface area contributed by atoms with E-state index in [1.165, 1.54) is 36.8 Å². The molecule has 4 N–H and O–H groups in total. The molecule has 0 heterocycles. The first kappa shape index (κ1) is 17.3. The van der Waals surface area contributed by atoms with Crippen LogP contribution in [0.1, 0.15) is 56.6 Å². The molecule has 1 fully saturated rings. The number of hydrogen-bond acceptors (Lipinski definition) is 1. The zero-order valence-electron chi connectivity index (χ0n) is 12.4. The molecule has 0 aromatic heterocycles. The van der Waals surface area contributed by atoms with Gasteiger partial charge in [0.15, 0.2) is 5.96 Å². The predicted molar refractivity (Wildman–Crippen MR) is 96.8 cm³/mol. The first-order chi connectivity index (χ1) is 9.03. The molecule has 0 spiro atoms. The fourth-order valence-corrected chi connectivity index (χ4v) is 3.05. The van der Waals surface area contributed by atoms with Gasteiger partial charge in [-0.05, 0) is 29.9 Å². The van der Waals surface area contributed by atoms with Crippen LogP contribution in [0.2, 0.25) is 0 Å². The van der Waals surface area contributed by atoms with Gasteiger partial charge in [0.1, 0.15) is 0 Å². The molecule has 0 atom stereocenters. The minimum Gasteiger partial charge on any atom is -0.370 e. The van der Waals surface area contributed by atoms with E-state index in [4.69, 9.17) is 11.5 Å². The van der Waals surface area contributed by atoms with Gasteiger partial charge in [0.2, 0.25) is 0 Å². The van der Waals surface area contributed by atoms with Crippen LogP contribution >= 0.6 is 24.0 Å². The van der Waals surface area contributed by atoms with Crippen LogP contribution in [0.5, 0.6) is 0 Å². The van der Waals surface area contributed by atoms with Crippen molar-refractivity contribution in [3.8, 4) is 0 Å². The van der Waals surface area contributed by atoms with Gasteiger partial charge in [0.25, 0.3) is 0 Å². The van der Waals surface area contributed by atoms with Crippen LogP contribution < -0.4 is 11.5 Å². The largest absolute Gasteiger partial charge is 0.370 e. The maximum atomic E-state index is 5.50. The molecular formula is C16H26IN3. The third-order valence-corrected chi connectivity index (χ3v) is 4.31. The predicted octanol–water partition coefficient (Wildman–Crippen LogP) is 3.51. The van der Waals surface area contributed by atoms with Gasteiger partial charge in [0, 0.05) is 5.41 Å². The highest BCUT2D eigenvalue weighted by Gasteiger charge is 2.35. The molecule has 0 radical (unpaired) electrons. The number of nitrogens with two attached hydrogens (primary N) is 2. The Hall–Kier alpha value is -0.780. The van der Waals surface area contributed by atoms with Gasteiger partial charge in [0.05, 0.1) is 6.54 Å². The van der Waals surface area contributed by atoms with Crippen molar-refractivity contribution in [1.29, 1.82) is 0 Å². The van der Waals surface area contributed by atoms with E-state index >= 15 is 0 Å². The lowest BCUT2D eigenvalue weighted by molar-refractivity contribution is 0.454. The number of guanidine groups is 1. The Morgan fingerprint density at radius 1 is 1.15 bits per heavy atom. The Bertz CT molecular complexity index is 441. The monoisotopic (exact) mass is 387 g/mol. The highest BCUT2D eigenvalue weighted by molar-refractivity contribution is 14.0. The number of hydrogen-bond donors (Lipinski definition) is 2. The molecule has 0 saturated heterocycles. The molecule has 0 unspecified atom stereocenters. The van der Waals surface area contributed by atoms with Crippen LogP contribution in [0, 0.1) is 0 Å². The molecule has 1 aromatic carbocycles. The zero-order chi connectivity index (χ0) is 13.9. The Kier molecular flexibility index (Phi) is 6.30. The molecule has 2 rings (SSSR count). The highest BCUT2D eigenvalue weighted by Crippen LogP contribution is 2.41. The number of benzene rings is 1. The van der Waals surface area contributed by atoms with E-state index in [1.54, 1.807) is 0 Å². The summed E-state index contributed by atoms with van der Waals surface area (Å²) >= 11 is 0. The van der Waals surface area contributed by atoms with E-state index in [0.29, 0.717) is 5.92 Å². The molecule has 4 heteroatoms. The number of aliphatic imine (C=N–C) groups is 1. The van der Waals surface area contributed by atoms with E-state index in [-0.39, 0.29) is 35.4 Å². The Morgan fingerprint density at radius 2 is 1.70 bits per heavy atom. The Morgan fingerprint density at radius 3 is 2.15 bits per heavy atom. The first-order valence-corrected chi connectivity index (χ1v) is 7.19. The van der Waals surface area contributed by atoms with Gasteiger partial charge in [-0.1, -0.05) is 51.0 Å². The van der Waals surface area contributed by atoms with E-state index in [9.17, 15) is 0 Å². The molecule has 3 nitrogen and oxygen atoms in total. The van der Waals surface area contributed by atoms with Gasteiger partial charge in [-0.2, -0.15) is 0 Å². The standard InChI is InChI=1S/C16H25N3.HI/c1-12(2)13-5-7-14(8-6-13)16(9-3-4-10-16)11-19-15(17)18;/h5-8,12H,3-4,9-11H2,1-2H3,(H4,17,18,19);1H. The van der Waals surface area contributed by atoms with E-state index in [2.05, 4.69) is 43.1 Å². The fourth-order valence-electron chi connectivity index (χ4n) is 3.05. The molecular weight excluding hydrogens is 361 g/mol. The lowest BCUT2D eigenvalue weighted by Crippen LogP contribution is -2.30. The van der Waals surface area contributed by atoms with Crippen molar-refractivity contribution in [3.05, 3.63) is 35.4 Å². The molecule has 0 amide bonds. The molecule has 1 aliphatic rings. The van der Waals surface area contributed by atoms with E-state index in [1.807, 2.05) is 0 Å². The maximum Gasteiger partial charge on any atom is 0.185 e. The average molecular weight is 387 g/mol. The lowest BCUT2D eigenvalue weighted by Gasteiger charge is -2.28. The van der Waals surface area contributed by atoms with Crippen molar-refractivity contribution in [1.82, 2.24) is 0 Å². The number of halogens is 1. The normalized spacial score (nSPS) is 16.8. The third kappa shape index (κ3) is 3.87. The summed E-state index contributed by atoms with van der Waals surface area (Å²) in [4.78, 5) is 4.28.